The van der Waals surface area contributed by atoms with Crippen LogP contribution in [0.5, 0.6) is 11.5 Å². The first kappa shape index (κ1) is 21.6. The maximum Gasteiger partial charge on any atom is 0.261 e. The SMILES string of the molecule is COc1ccc(OC)c(NC(=O)c2cncc(NS(=O)(=O)c3ccc(Br)cc3)c2)c1. The van der Waals surface area contributed by atoms with Crippen LogP contribution in [0.3, 0.4) is 0 Å². The zero-order valence-corrected chi connectivity index (χ0v) is 18.5. The smallest absolute Gasteiger partial charge is 0.261 e. The number of nitrogens with zero attached hydrogens (tertiary/aromatic N) is 1. The van der Waals surface area contributed by atoms with Crippen molar-refractivity contribution in [1.29, 1.82) is 0 Å². The third kappa shape index (κ3) is 5.08. The molecule has 0 aliphatic rings. The van der Waals surface area contributed by atoms with Gasteiger partial charge in [-0.25, -0.2) is 8.42 Å². The van der Waals surface area contributed by atoms with E-state index in [1.807, 2.05) is 0 Å². The molecule has 0 fully saturated rings. The van der Waals surface area contributed by atoms with Crippen LogP contribution in [0.2, 0.25) is 0 Å². The number of ether oxygens (including phenoxy) is 2. The first-order chi connectivity index (χ1) is 14.3. The van der Waals surface area contributed by atoms with Gasteiger partial charge in [-0.2, -0.15) is 0 Å². The minimum absolute atomic E-state index is 0.0849. The van der Waals surface area contributed by atoms with Gasteiger partial charge in [-0.05, 0) is 42.5 Å². The van der Waals surface area contributed by atoms with E-state index < -0.39 is 15.9 Å². The van der Waals surface area contributed by atoms with Crippen molar-refractivity contribution in [1.82, 2.24) is 4.98 Å². The van der Waals surface area contributed by atoms with E-state index in [2.05, 4.69) is 31.0 Å². The topological polar surface area (TPSA) is 107 Å². The molecule has 3 rings (SSSR count). The number of rotatable bonds is 7. The first-order valence-electron chi connectivity index (χ1n) is 8.59. The third-order valence-electron chi connectivity index (χ3n) is 4.03. The molecule has 0 spiro atoms. The fourth-order valence-corrected chi connectivity index (χ4v) is 3.85. The molecule has 0 atom stereocenters. The average molecular weight is 492 g/mol. The number of hydrogen-bond donors (Lipinski definition) is 2. The average Bonchev–Trinajstić information content (AvgIpc) is 2.73. The Bertz CT molecular complexity index is 1170. The van der Waals surface area contributed by atoms with Crippen LogP contribution >= 0.6 is 15.9 Å². The summed E-state index contributed by atoms with van der Waals surface area (Å²) in [7, 11) is -0.835. The standard InChI is InChI=1S/C20H18BrN3O5S/c1-28-16-5-8-19(29-2)18(10-16)23-20(25)13-9-15(12-22-11-13)24-30(26,27)17-6-3-14(21)4-7-17/h3-12,24H,1-2H3,(H,23,25). The highest BCUT2D eigenvalue weighted by atomic mass is 79.9. The van der Waals surface area contributed by atoms with Gasteiger partial charge in [0, 0.05) is 16.7 Å². The van der Waals surface area contributed by atoms with Crippen molar-refractivity contribution in [3.05, 3.63) is 71.0 Å². The van der Waals surface area contributed by atoms with Crippen LogP contribution in [0.4, 0.5) is 11.4 Å². The van der Waals surface area contributed by atoms with E-state index in [-0.39, 0.29) is 16.1 Å². The van der Waals surface area contributed by atoms with Gasteiger partial charge in [-0.3, -0.25) is 14.5 Å². The Morgan fingerprint density at radius 1 is 1.00 bits per heavy atom. The number of methoxy groups -OCH3 is 2. The molecule has 30 heavy (non-hydrogen) atoms. The summed E-state index contributed by atoms with van der Waals surface area (Å²) in [4.78, 5) is 16.7. The molecule has 3 aromatic rings. The van der Waals surface area contributed by atoms with Crippen LogP contribution in [0, 0.1) is 0 Å². The van der Waals surface area contributed by atoms with E-state index in [4.69, 9.17) is 9.47 Å². The predicted molar refractivity (Wildman–Crippen MR) is 117 cm³/mol. The van der Waals surface area contributed by atoms with E-state index in [0.29, 0.717) is 17.2 Å². The van der Waals surface area contributed by atoms with Crippen LogP contribution in [0.25, 0.3) is 0 Å². The lowest BCUT2D eigenvalue weighted by Crippen LogP contribution is -2.16. The van der Waals surface area contributed by atoms with E-state index in [0.717, 1.165) is 4.47 Å². The largest absolute Gasteiger partial charge is 0.497 e. The molecule has 1 heterocycles. The van der Waals surface area contributed by atoms with Gasteiger partial charge in [0.1, 0.15) is 11.5 Å². The summed E-state index contributed by atoms with van der Waals surface area (Å²) < 4.78 is 38.7. The fraction of sp³-hybridized carbons (Fsp3) is 0.100. The van der Waals surface area contributed by atoms with Gasteiger partial charge in [0.25, 0.3) is 15.9 Å². The van der Waals surface area contributed by atoms with Gasteiger partial charge in [0.2, 0.25) is 0 Å². The predicted octanol–water partition coefficient (Wildman–Crippen LogP) is 3.91. The fourth-order valence-electron chi connectivity index (χ4n) is 2.55. The zero-order chi connectivity index (χ0) is 21.7. The Labute approximate surface area is 182 Å². The molecule has 0 aliphatic heterocycles. The van der Waals surface area contributed by atoms with Crippen LogP contribution in [-0.2, 0) is 10.0 Å². The van der Waals surface area contributed by atoms with Gasteiger partial charge < -0.3 is 14.8 Å². The number of pyridine rings is 1. The maximum atomic E-state index is 12.7. The zero-order valence-electron chi connectivity index (χ0n) is 16.0. The quantitative estimate of drug-likeness (QED) is 0.518. The van der Waals surface area contributed by atoms with Gasteiger partial charge in [-0.15, -0.1) is 0 Å². The molecule has 2 N–H and O–H groups in total. The Morgan fingerprint density at radius 3 is 2.40 bits per heavy atom. The first-order valence-corrected chi connectivity index (χ1v) is 10.9. The number of amides is 1. The monoisotopic (exact) mass is 491 g/mol. The number of halogens is 1. The van der Waals surface area contributed by atoms with E-state index in [1.54, 1.807) is 30.3 Å². The number of aromatic nitrogens is 1. The molecule has 0 radical (unpaired) electrons. The lowest BCUT2D eigenvalue weighted by atomic mass is 10.2. The molecule has 0 aliphatic carbocycles. The highest BCUT2D eigenvalue weighted by molar-refractivity contribution is 9.10. The number of carbonyl (C=O) groups is 1. The van der Waals surface area contributed by atoms with E-state index >= 15 is 0 Å². The Balaban J connectivity index is 1.81. The normalized spacial score (nSPS) is 10.9. The Morgan fingerprint density at radius 2 is 1.73 bits per heavy atom. The number of benzene rings is 2. The Hall–Kier alpha value is -3.11. The summed E-state index contributed by atoms with van der Waals surface area (Å²) >= 11 is 3.26. The van der Waals surface area contributed by atoms with Gasteiger partial charge >= 0.3 is 0 Å². The summed E-state index contributed by atoms with van der Waals surface area (Å²) in [6.07, 6.45) is 2.65. The summed E-state index contributed by atoms with van der Waals surface area (Å²) in [5.41, 5.74) is 0.724. The highest BCUT2D eigenvalue weighted by Crippen LogP contribution is 2.29. The maximum absolute atomic E-state index is 12.7. The van der Waals surface area contributed by atoms with Crippen molar-refractivity contribution < 1.29 is 22.7 Å². The van der Waals surface area contributed by atoms with Gasteiger partial charge in [-0.1, -0.05) is 15.9 Å². The lowest BCUT2D eigenvalue weighted by Gasteiger charge is -2.12. The van der Waals surface area contributed by atoms with Crippen LogP contribution in [-0.4, -0.2) is 33.5 Å². The highest BCUT2D eigenvalue weighted by Gasteiger charge is 2.16. The molecular weight excluding hydrogens is 474 g/mol. The number of anilines is 2. The van der Waals surface area contributed by atoms with Crippen LogP contribution in [0.15, 0.2) is 70.3 Å². The number of hydrogen-bond acceptors (Lipinski definition) is 6. The van der Waals surface area contributed by atoms with Gasteiger partial charge in [0.15, 0.2) is 0 Å². The second-order valence-corrected chi connectivity index (χ2v) is 8.64. The molecule has 0 saturated carbocycles. The third-order valence-corrected chi connectivity index (χ3v) is 5.96. The summed E-state index contributed by atoms with van der Waals surface area (Å²) in [5.74, 6) is 0.503. The Kier molecular flexibility index (Phi) is 6.58. The minimum Gasteiger partial charge on any atom is -0.497 e. The minimum atomic E-state index is -3.83. The summed E-state index contributed by atoms with van der Waals surface area (Å²) in [5, 5.41) is 2.71. The van der Waals surface area contributed by atoms with Crippen molar-refractivity contribution in [3.63, 3.8) is 0 Å². The van der Waals surface area contributed by atoms with Crippen molar-refractivity contribution in [3.8, 4) is 11.5 Å². The molecular formula is C20H18BrN3O5S. The van der Waals surface area contributed by atoms with E-state index in [1.165, 1.54) is 44.8 Å². The van der Waals surface area contributed by atoms with Crippen molar-refractivity contribution >= 4 is 43.2 Å². The molecule has 2 aromatic carbocycles. The lowest BCUT2D eigenvalue weighted by molar-refractivity contribution is 0.102. The molecule has 0 bridgehead atoms. The van der Waals surface area contributed by atoms with Crippen LogP contribution in [0.1, 0.15) is 10.4 Å². The van der Waals surface area contributed by atoms with E-state index in [9.17, 15) is 13.2 Å². The second kappa shape index (κ2) is 9.14. The molecule has 8 nitrogen and oxygen atoms in total. The molecule has 156 valence electrons. The molecule has 1 amide bonds. The van der Waals surface area contributed by atoms with Crippen LogP contribution < -0.4 is 19.5 Å². The number of carbonyl (C=O) groups excluding carboxylic acids is 1. The molecule has 0 unspecified atom stereocenters. The molecule has 1 aromatic heterocycles. The second-order valence-electron chi connectivity index (χ2n) is 6.04. The van der Waals surface area contributed by atoms with Crippen molar-refractivity contribution in [2.24, 2.45) is 0 Å². The molecule has 0 saturated heterocycles. The molecule has 10 heteroatoms. The number of nitrogens with one attached hydrogen (secondary N) is 2. The summed E-state index contributed by atoms with van der Waals surface area (Å²) in [6.45, 7) is 0. The number of sulfonamides is 1. The van der Waals surface area contributed by atoms with Crippen molar-refractivity contribution in [2.45, 2.75) is 4.90 Å². The van der Waals surface area contributed by atoms with Crippen molar-refractivity contribution in [2.75, 3.05) is 24.3 Å². The summed E-state index contributed by atoms with van der Waals surface area (Å²) in [6, 6.07) is 12.5. The van der Waals surface area contributed by atoms with Gasteiger partial charge in [0.05, 0.1) is 42.3 Å².